The molecule has 2 rings (SSSR count). The highest BCUT2D eigenvalue weighted by Crippen LogP contribution is 2.24. The molecular weight excluding hydrogens is 248 g/mol. The Bertz CT molecular complexity index is 497. The molecule has 0 aliphatic carbocycles. The zero-order chi connectivity index (χ0) is 13.0. The number of rotatable bonds is 5. The zero-order valence-electron chi connectivity index (χ0n) is 10.7. The lowest BCUT2D eigenvalue weighted by atomic mass is 10.3. The van der Waals surface area contributed by atoms with Crippen LogP contribution >= 0.6 is 11.8 Å². The summed E-state index contributed by atoms with van der Waals surface area (Å²) < 4.78 is 6.88. The van der Waals surface area contributed by atoms with Crippen LogP contribution in [-0.2, 0) is 0 Å². The second kappa shape index (κ2) is 5.86. The topological polar surface area (TPSA) is 52.8 Å². The SMILES string of the molecule is CCC(C)Sc1nnnn1-c1ccc(OC)cc1. The largest absolute Gasteiger partial charge is 0.497 e. The number of tetrazole rings is 1. The summed E-state index contributed by atoms with van der Waals surface area (Å²) in [6.45, 7) is 4.32. The quantitative estimate of drug-likeness (QED) is 0.777. The summed E-state index contributed by atoms with van der Waals surface area (Å²) in [7, 11) is 1.65. The molecule has 1 atom stereocenters. The molecule has 1 unspecified atom stereocenters. The van der Waals surface area contributed by atoms with E-state index in [1.54, 1.807) is 23.6 Å². The average molecular weight is 264 g/mol. The first-order valence-corrected chi connectivity index (χ1v) is 6.72. The summed E-state index contributed by atoms with van der Waals surface area (Å²) >= 11 is 1.68. The summed E-state index contributed by atoms with van der Waals surface area (Å²) in [6.07, 6.45) is 1.08. The van der Waals surface area contributed by atoms with Gasteiger partial charge < -0.3 is 4.74 Å². The van der Waals surface area contributed by atoms with Crippen LogP contribution in [0.3, 0.4) is 0 Å². The van der Waals surface area contributed by atoms with Crippen LogP contribution in [0, 0.1) is 0 Å². The number of nitrogens with zero attached hydrogens (tertiary/aromatic N) is 4. The van der Waals surface area contributed by atoms with Crippen LogP contribution in [0.1, 0.15) is 20.3 Å². The molecule has 96 valence electrons. The molecule has 0 saturated carbocycles. The van der Waals surface area contributed by atoms with Crippen LogP contribution in [0.2, 0.25) is 0 Å². The Labute approximate surface area is 111 Å². The lowest BCUT2D eigenvalue weighted by molar-refractivity contribution is 0.414. The van der Waals surface area contributed by atoms with Crippen LogP contribution in [0.4, 0.5) is 0 Å². The van der Waals surface area contributed by atoms with E-state index < -0.39 is 0 Å². The van der Waals surface area contributed by atoms with Gasteiger partial charge in [-0.15, -0.1) is 5.10 Å². The van der Waals surface area contributed by atoms with Crippen molar-refractivity contribution in [2.45, 2.75) is 30.7 Å². The maximum absolute atomic E-state index is 5.13. The van der Waals surface area contributed by atoms with Gasteiger partial charge in [-0.1, -0.05) is 25.6 Å². The minimum atomic E-state index is 0.494. The molecule has 0 bridgehead atoms. The molecule has 0 spiro atoms. The third-order valence-corrected chi connectivity index (χ3v) is 3.84. The molecule has 18 heavy (non-hydrogen) atoms. The van der Waals surface area contributed by atoms with Gasteiger partial charge in [-0.05, 0) is 41.1 Å². The first kappa shape index (κ1) is 12.9. The Balaban J connectivity index is 2.24. The first-order valence-electron chi connectivity index (χ1n) is 5.84. The molecule has 0 aliphatic rings. The third kappa shape index (κ3) is 2.81. The number of thioether (sulfide) groups is 1. The lowest BCUT2D eigenvalue weighted by Crippen LogP contribution is -2.02. The van der Waals surface area contributed by atoms with Crippen LogP contribution < -0.4 is 4.74 Å². The van der Waals surface area contributed by atoms with Gasteiger partial charge in [0.1, 0.15) is 5.75 Å². The maximum Gasteiger partial charge on any atom is 0.214 e. The average Bonchev–Trinajstić information content (AvgIpc) is 2.86. The number of benzene rings is 1. The number of ether oxygens (including phenoxy) is 1. The molecule has 0 fully saturated rings. The Hall–Kier alpha value is -1.56. The Morgan fingerprint density at radius 2 is 2.06 bits per heavy atom. The Kier molecular flexibility index (Phi) is 4.19. The summed E-state index contributed by atoms with van der Waals surface area (Å²) in [6, 6.07) is 7.68. The van der Waals surface area contributed by atoms with Gasteiger partial charge >= 0.3 is 0 Å². The monoisotopic (exact) mass is 264 g/mol. The number of methoxy groups -OCH3 is 1. The smallest absolute Gasteiger partial charge is 0.214 e. The normalized spacial score (nSPS) is 12.4. The highest BCUT2D eigenvalue weighted by Gasteiger charge is 2.11. The second-order valence-electron chi connectivity index (χ2n) is 3.91. The number of hydrogen-bond donors (Lipinski definition) is 0. The minimum Gasteiger partial charge on any atom is -0.497 e. The van der Waals surface area contributed by atoms with Gasteiger partial charge in [0.15, 0.2) is 0 Å². The van der Waals surface area contributed by atoms with E-state index in [1.165, 1.54) is 0 Å². The van der Waals surface area contributed by atoms with E-state index in [-0.39, 0.29) is 0 Å². The number of aromatic nitrogens is 4. The van der Waals surface area contributed by atoms with E-state index in [9.17, 15) is 0 Å². The molecule has 5 nitrogen and oxygen atoms in total. The van der Waals surface area contributed by atoms with Crippen molar-refractivity contribution in [1.82, 2.24) is 20.2 Å². The molecule has 0 aliphatic heterocycles. The van der Waals surface area contributed by atoms with Crippen molar-refractivity contribution < 1.29 is 4.74 Å². The fourth-order valence-corrected chi connectivity index (χ4v) is 2.25. The summed E-state index contributed by atoms with van der Waals surface area (Å²) in [5.74, 6) is 0.822. The van der Waals surface area contributed by atoms with Crippen molar-refractivity contribution in [1.29, 1.82) is 0 Å². The Morgan fingerprint density at radius 1 is 1.33 bits per heavy atom. The molecule has 1 aromatic heterocycles. The van der Waals surface area contributed by atoms with Crippen LogP contribution in [0.15, 0.2) is 29.4 Å². The van der Waals surface area contributed by atoms with Gasteiger partial charge in [-0.25, -0.2) is 0 Å². The molecule has 2 aromatic rings. The van der Waals surface area contributed by atoms with E-state index >= 15 is 0 Å². The predicted octanol–water partition coefficient (Wildman–Crippen LogP) is 2.56. The summed E-state index contributed by atoms with van der Waals surface area (Å²) in [4.78, 5) is 0. The molecular formula is C12H16N4OS. The second-order valence-corrected chi connectivity index (χ2v) is 5.31. The minimum absolute atomic E-state index is 0.494. The van der Waals surface area contributed by atoms with Crippen LogP contribution in [-0.4, -0.2) is 32.6 Å². The van der Waals surface area contributed by atoms with Crippen molar-refractivity contribution in [3.05, 3.63) is 24.3 Å². The lowest BCUT2D eigenvalue weighted by Gasteiger charge is -2.08. The van der Waals surface area contributed by atoms with Crippen molar-refractivity contribution >= 4 is 11.8 Å². The van der Waals surface area contributed by atoms with Gasteiger partial charge in [0, 0.05) is 5.25 Å². The van der Waals surface area contributed by atoms with Gasteiger partial charge in [0.25, 0.3) is 0 Å². The van der Waals surface area contributed by atoms with Crippen molar-refractivity contribution in [2.75, 3.05) is 7.11 Å². The highest BCUT2D eigenvalue weighted by atomic mass is 32.2. The van der Waals surface area contributed by atoms with Crippen molar-refractivity contribution in [3.63, 3.8) is 0 Å². The van der Waals surface area contributed by atoms with E-state index in [2.05, 4.69) is 29.4 Å². The van der Waals surface area contributed by atoms with Crippen molar-refractivity contribution in [3.8, 4) is 11.4 Å². The maximum atomic E-state index is 5.13. The zero-order valence-corrected chi connectivity index (χ0v) is 11.5. The van der Waals surface area contributed by atoms with E-state index in [4.69, 9.17) is 4.74 Å². The first-order chi connectivity index (χ1) is 8.74. The molecule has 6 heteroatoms. The molecule has 1 heterocycles. The van der Waals surface area contributed by atoms with Gasteiger partial charge in [0.2, 0.25) is 5.16 Å². The summed E-state index contributed by atoms with van der Waals surface area (Å²) in [5.41, 5.74) is 0.937. The van der Waals surface area contributed by atoms with E-state index in [0.717, 1.165) is 23.0 Å². The molecule has 0 saturated heterocycles. The Morgan fingerprint density at radius 3 is 2.67 bits per heavy atom. The molecule has 0 amide bonds. The van der Waals surface area contributed by atoms with Crippen LogP contribution in [0.25, 0.3) is 5.69 Å². The molecule has 0 radical (unpaired) electrons. The van der Waals surface area contributed by atoms with E-state index in [0.29, 0.717) is 5.25 Å². The van der Waals surface area contributed by atoms with Gasteiger partial charge in [0.05, 0.1) is 12.8 Å². The fraction of sp³-hybridized carbons (Fsp3) is 0.417. The van der Waals surface area contributed by atoms with E-state index in [1.807, 2.05) is 24.3 Å². The fourth-order valence-electron chi connectivity index (χ4n) is 1.40. The number of hydrogen-bond acceptors (Lipinski definition) is 5. The van der Waals surface area contributed by atoms with Gasteiger partial charge in [-0.3, -0.25) is 0 Å². The standard InChI is InChI=1S/C12H16N4OS/c1-4-9(2)18-12-13-14-15-16(12)10-5-7-11(17-3)8-6-10/h5-9H,4H2,1-3H3. The van der Waals surface area contributed by atoms with Crippen molar-refractivity contribution in [2.24, 2.45) is 0 Å². The molecule has 1 aromatic carbocycles. The summed E-state index contributed by atoms with van der Waals surface area (Å²) in [5, 5.41) is 13.1. The predicted molar refractivity (Wildman–Crippen MR) is 71.3 cm³/mol. The third-order valence-electron chi connectivity index (χ3n) is 2.64. The van der Waals surface area contributed by atoms with Crippen LogP contribution in [0.5, 0.6) is 5.75 Å². The highest BCUT2D eigenvalue weighted by molar-refractivity contribution is 7.99. The van der Waals surface area contributed by atoms with Gasteiger partial charge in [-0.2, -0.15) is 4.68 Å². The molecule has 0 N–H and O–H groups in total.